The molecule has 2 heterocycles. The van der Waals surface area contributed by atoms with E-state index >= 15 is 0 Å². The second-order valence-corrected chi connectivity index (χ2v) is 4.10. The second kappa shape index (κ2) is 3.91. The molecule has 0 bridgehead atoms. The van der Waals surface area contributed by atoms with Crippen molar-refractivity contribution in [3.63, 3.8) is 0 Å². The van der Waals surface area contributed by atoms with Gasteiger partial charge in [-0.25, -0.2) is 14.4 Å². The second-order valence-electron chi connectivity index (χ2n) is 4.10. The maximum absolute atomic E-state index is 13.4. The van der Waals surface area contributed by atoms with E-state index in [0.29, 0.717) is 21.9 Å². The lowest BCUT2D eigenvalue weighted by atomic mass is 10.2. The van der Waals surface area contributed by atoms with Crippen LogP contribution >= 0.6 is 0 Å². The molecule has 0 saturated heterocycles. The molecule has 3 aromatic rings. The van der Waals surface area contributed by atoms with E-state index in [0.717, 1.165) is 0 Å². The Morgan fingerprint density at radius 3 is 2.95 bits per heavy atom. The van der Waals surface area contributed by atoms with Gasteiger partial charge >= 0.3 is 5.97 Å². The minimum absolute atomic E-state index is 0.199. The molecule has 3 rings (SSSR count). The number of rotatable bonds is 2. The summed E-state index contributed by atoms with van der Waals surface area (Å²) in [4.78, 5) is 18.8. The number of halogens is 1. The summed E-state index contributed by atoms with van der Waals surface area (Å²) in [5, 5.41) is 9.94. The van der Waals surface area contributed by atoms with Gasteiger partial charge in [0.2, 0.25) is 0 Å². The van der Waals surface area contributed by atoms with Crippen LogP contribution in [0.2, 0.25) is 0 Å². The molecule has 0 aliphatic heterocycles. The van der Waals surface area contributed by atoms with Crippen LogP contribution in [0.25, 0.3) is 21.9 Å². The molecule has 0 fully saturated rings. The zero-order chi connectivity index (χ0) is 13.6. The van der Waals surface area contributed by atoms with Crippen molar-refractivity contribution in [3.05, 3.63) is 30.3 Å². The van der Waals surface area contributed by atoms with Gasteiger partial charge in [0.05, 0.1) is 10.9 Å². The summed E-state index contributed by atoms with van der Waals surface area (Å²) in [5.41, 5.74) is 6.73. The number of benzene rings is 1. The molecule has 0 aliphatic rings. The van der Waals surface area contributed by atoms with E-state index in [1.165, 1.54) is 29.1 Å². The fourth-order valence-electron chi connectivity index (χ4n) is 2.21. The molecule has 0 aliphatic carbocycles. The summed E-state index contributed by atoms with van der Waals surface area (Å²) in [6, 6.07) is 4.08. The smallest absolute Gasteiger partial charge is 0.323 e. The van der Waals surface area contributed by atoms with Crippen molar-refractivity contribution in [2.45, 2.75) is 6.54 Å². The van der Waals surface area contributed by atoms with Crippen LogP contribution in [0.3, 0.4) is 0 Å². The minimum Gasteiger partial charge on any atom is -0.480 e. The van der Waals surface area contributed by atoms with Crippen molar-refractivity contribution in [3.8, 4) is 0 Å². The minimum atomic E-state index is -1.01. The number of aliphatic carboxylic acids is 1. The van der Waals surface area contributed by atoms with Gasteiger partial charge in [0.1, 0.15) is 30.2 Å². The van der Waals surface area contributed by atoms with Crippen LogP contribution in [0, 0.1) is 5.82 Å². The van der Waals surface area contributed by atoms with Crippen LogP contribution in [-0.2, 0) is 11.3 Å². The van der Waals surface area contributed by atoms with Crippen molar-refractivity contribution in [1.82, 2.24) is 14.5 Å². The summed E-state index contributed by atoms with van der Waals surface area (Å²) in [7, 11) is 0. The number of nitrogens with zero attached hydrogens (tertiary/aromatic N) is 3. The number of carbonyl (C=O) groups is 1. The van der Waals surface area contributed by atoms with Crippen LogP contribution in [-0.4, -0.2) is 25.6 Å². The van der Waals surface area contributed by atoms with Gasteiger partial charge in [-0.1, -0.05) is 0 Å². The molecule has 19 heavy (non-hydrogen) atoms. The first kappa shape index (κ1) is 11.4. The lowest BCUT2D eigenvalue weighted by Crippen LogP contribution is -2.09. The molecule has 0 unspecified atom stereocenters. The highest BCUT2D eigenvalue weighted by molar-refractivity contribution is 6.11. The summed E-state index contributed by atoms with van der Waals surface area (Å²) < 4.78 is 14.8. The van der Waals surface area contributed by atoms with E-state index in [-0.39, 0.29) is 12.4 Å². The molecule has 0 spiro atoms. The Morgan fingerprint density at radius 1 is 1.42 bits per heavy atom. The quantitative estimate of drug-likeness (QED) is 0.726. The number of anilines is 1. The SMILES string of the molecule is Nc1ncnc2c1c1cc(F)ccc1n2CC(=O)O. The van der Waals surface area contributed by atoms with Crippen molar-refractivity contribution < 1.29 is 14.3 Å². The standard InChI is InChI=1S/C12H9FN4O2/c13-6-1-2-8-7(3-6)10-11(14)15-5-16-12(10)17(8)4-9(18)19/h1-3,5H,4H2,(H,18,19)(H2,14,15,16). The van der Waals surface area contributed by atoms with Crippen molar-refractivity contribution in [1.29, 1.82) is 0 Å². The number of nitrogen functional groups attached to an aromatic ring is 1. The molecule has 2 aromatic heterocycles. The third-order valence-electron chi connectivity index (χ3n) is 2.92. The molecule has 7 heteroatoms. The summed E-state index contributed by atoms with van der Waals surface area (Å²) in [5.74, 6) is -1.24. The molecule has 0 amide bonds. The third kappa shape index (κ3) is 1.67. The van der Waals surface area contributed by atoms with E-state index in [1.807, 2.05) is 0 Å². The van der Waals surface area contributed by atoms with Crippen molar-refractivity contribution >= 4 is 33.7 Å². The lowest BCUT2D eigenvalue weighted by Gasteiger charge is -2.02. The number of hydrogen-bond donors (Lipinski definition) is 2. The molecule has 0 radical (unpaired) electrons. The highest BCUT2D eigenvalue weighted by Crippen LogP contribution is 2.30. The molecule has 6 nitrogen and oxygen atoms in total. The number of nitrogens with two attached hydrogens (primary N) is 1. The summed E-state index contributed by atoms with van der Waals surface area (Å²) >= 11 is 0. The zero-order valence-electron chi connectivity index (χ0n) is 9.67. The number of fused-ring (bicyclic) bond motifs is 3. The molecule has 1 aromatic carbocycles. The zero-order valence-corrected chi connectivity index (χ0v) is 9.67. The first-order valence-corrected chi connectivity index (χ1v) is 5.47. The largest absolute Gasteiger partial charge is 0.480 e. The van der Waals surface area contributed by atoms with Crippen molar-refractivity contribution in [2.75, 3.05) is 5.73 Å². The highest BCUT2D eigenvalue weighted by Gasteiger charge is 2.16. The summed E-state index contributed by atoms with van der Waals surface area (Å²) in [6.07, 6.45) is 1.26. The van der Waals surface area contributed by atoms with E-state index < -0.39 is 11.8 Å². The van der Waals surface area contributed by atoms with Gasteiger partial charge in [-0.15, -0.1) is 0 Å². The third-order valence-corrected chi connectivity index (χ3v) is 2.92. The fraction of sp³-hybridized carbons (Fsp3) is 0.0833. The first-order valence-electron chi connectivity index (χ1n) is 5.47. The van der Waals surface area contributed by atoms with Gasteiger partial charge in [-0.2, -0.15) is 0 Å². The Morgan fingerprint density at radius 2 is 2.21 bits per heavy atom. The molecule has 96 valence electrons. The number of carboxylic acid groups (broad SMARTS) is 1. The van der Waals surface area contributed by atoms with Crippen LogP contribution < -0.4 is 5.73 Å². The number of hydrogen-bond acceptors (Lipinski definition) is 4. The topological polar surface area (TPSA) is 94.0 Å². The fourth-order valence-corrected chi connectivity index (χ4v) is 2.21. The van der Waals surface area contributed by atoms with Crippen LogP contribution in [0.5, 0.6) is 0 Å². The van der Waals surface area contributed by atoms with Crippen molar-refractivity contribution in [2.24, 2.45) is 0 Å². The maximum Gasteiger partial charge on any atom is 0.323 e. The Hall–Kier alpha value is -2.70. The average Bonchev–Trinajstić information content (AvgIpc) is 2.64. The Bertz CT molecular complexity index is 812. The van der Waals surface area contributed by atoms with E-state index in [4.69, 9.17) is 10.8 Å². The molecular weight excluding hydrogens is 251 g/mol. The first-order chi connectivity index (χ1) is 9.08. The molecule has 0 atom stereocenters. The van der Waals surface area contributed by atoms with E-state index in [9.17, 15) is 9.18 Å². The van der Waals surface area contributed by atoms with E-state index in [1.54, 1.807) is 0 Å². The van der Waals surface area contributed by atoms with Crippen LogP contribution in [0.4, 0.5) is 10.2 Å². The summed E-state index contributed by atoms with van der Waals surface area (Å²) in [6.45, 7) is -0.276. The van der Waals surface area contributed by atoms with Gasteiger partial charge in [0.25, 0.3) is 0 Å². The average molecular weight is 260 g/mol. The lowest BCUT2D eigenvalue weighted by molar-refractivity contribution is -0.137. The predicted octanol–water partition coefficient (Wildman–Crippen LogP) is 1.39. The van der Waals surface area contributed by atoms with E-state index in [2.05, 4.69) is 9.97 Å². The molecule has 0 saturated carbocycles. The Balaban J connectivity index is 2.50. The monoisotopic (exact) mass is 260 g/mol. The number of carboxylic acids is 1. The highest BCUT2D eigenvalue weighted by atomic mass is 19.1. The van der Waals surface area contributed by atoms with Gasteiger partial charge in [0, 0.05) is 5.39 Å². The van der Waals surface area contributed by atoms with Crippen LogP contribution in [0.15, 0.2) is 24.5 Å². The molecule has 3 N–H and O–H groups in total. The van der Waals surface area contributed by atoms with Gasteiger partial charge in [-0.05, 0) is 18.2 Å². The predicted molar refractivity (Wildman–Crippen MR) is 67.0 cm³/mol. The van der Waals surface area contributed by atoms with Gasteiger partial charge in [-0.3, -0.25) is 4.79 Å². The molecular formula is C12H9FN4O2. The maximum atomic E-state index is 13.4. The Kier molecular flexibility index (Phi) is 2.34. The Labute approximate surface area is 106 Å². The van der Waals surface area contributed by atoms with Gasteiger partial charge in [0.15, 0.2) is 0 Å². The number of aromatic nitrogens is 3. The normalized spacial score (nSPS) is 11.2. The van der Waals surface area contributed by atoms with Gasteiger partial charge < -0.3 is 15.4 Å². The van der Waals surface area contributed by atoms with Crippen LogP contribution in [0.1, 0.15) is 0 Å².